The molecule has 0 bridgehead atoms. The van der Waals surface area contributed by atoms with Gasteiger partial charge < -0.3 is 9.84 Å². The summed E-state index contributed by atoms with van der Waals surface area (Å²) in [5, 5.41) is 9.91. The fourth-order valence-electron chi connectivity index (χ4n) is 7.92. The molecule has 0 amide bonds. The summed E-state index contributed by atoms with van der Waals surface area (Å²) >= 11 is 0. The highest BCUT2D eigenvalue weighted by atomic mass is 16.6. The van der Waals surface area contributed by atoms with Crippen molar-refractivity contribution in [3.05, 3.63) is 47.5 Å². The molecule has 6 atom stereocenters. The monoisotopic (exact) mass is 450 g/mol. The molecule has 0 spiro atoms. The SMILES string of the molecule is C[C@]12CC=C3[C@@H](CCC4CC(=O)CC[C@]34C)[C@@H]1CC[C@]2(OC(=O)c1ccccc1)C(=O)CO. The van der Waals surface area contributed by atoms with Crippen LogP contribution in [0.1, 0.15) is 75.6 Å². The fraction of sp³-hybridized carbons (Fsp3) is 0.607. The maximum Gasteiger partial charge on any atom is 0.339 e. The number of hydrogen-bond donors (Lipinski definition) is 1. The van der Waals surface area contributed by atoms with Gasteiger partial charge >= 0.3 is 5.97 Å². The first-order valence-electron chi connectivity index (χ1n) is 12.4. The van der Waals surface area contributed by atoms with Gasteiger partial charge in [0.2, 0.25) is 5.78 Å². The zero-order chi connectivity index (χ0) is 23.4. The minimum absolute atomic E-state index is 0.0467. The number of esters is 1. The summed E-state index contributed by atoms with van der Waals surface area (Å²) in [6.45, 7) is 3.79. The molecule has 0 saturated heterocycles. The van der Waals surface area contributed by atoms with Crippen molar-refractivity contribution in [1.82, 2.24) is 0 Å². The summed E-state index contributed by atoms with van der Waals surface area (Å²) in [7, 11) is 0. The molecule has 0 aliphatic heterocycles. The molecule has 3 saturated carbocycles. The molecule has 1 aromatic carbocycles. The average Bonchev–Trinajstić information content (AvgIpc) is 3.12. The number of fused-ring (bicyclic) bond motifs is 5. The summed E-state index contributed by atoms with van der Waals surface area (Å²) in [6, 6.07) is 8.78. The van der Waals surface area contributed by atoms with Crippen LogP contribution >= 0.6 is 0 Å². The van der Waals surface area contributed by atoms with E-state index >= 15 is 0 Å². The number of hydrogen-bond acceptors (Lipinski definition) is 5. The van der Waals surface area contributed by atoms with Crippen LogP contribution in [0, 0.1) is 28.6 Å². The lowest BCUT2D eigenvalue weighted by Crippen LogP contribution is -2.58. The summed E-state index contributed by atoms with van der Waals surface area (Å²) in [6.07, 6.45) is 8.49. The first-order valence-corrected chi connectivity index (χ1v) is 12.4. The lowest BCUT2D eigenvalue weighted by molar-refractivity contribution is -0.157. The maximum atomic E-state index is 13.3. The minimum Gasteiger partial charge on any atom is -0.447 e. The molecular formula is C28H34O5. The van der Waals surface area contributed by atoms with Gasteiger partial charge in [0.25, 0.3) is 0 Å². The quantitative estimate of drug-likeness (QED) is 0.532. The smallest absolute Gasteiger partial charge is 0.339 e. The zero-order valence-electron chi connectivity index (χ0n) is 19.6. The van der Waals surface area contributed by atoms with E-state index in [0.29, 0.717) is 48.9 Å². The molecule has 1 N–H and O–H groups in total. The largest absolute Gasteiger partial charge is 0.447 e. The highest BCUT2D eigenvalue weighted by molar-refractivity contribution is 5.96. The predicted molar refractivity (Wildman–Crippen MR) is 123 cm³/mol. The van der Waals surface area contributed by atoms with Crippen LogP contribution in [0.4, 0.5) is 0 Å². The molecule has 0 aromatic heterocycles. The maximum absolute atomic E-state index is 13.3. The lowest BCUT2D eigenvalue weighted by atomic mass is 9.48. The summed E-state index contributed by atoms with van der Waals surface area (Å²) < 4.78 is 6.11. The topological polar surface area (TPSA) is 80.7 Å². The van der Waals surface area contributed by atoms with Crippen molar-refractivity contribution in [3.8, 4) is 0 Å². The Morgan fingerprint density at radius 1 is 1.09 bits per heavy atom. The van der Waals surface area contributed by atoms with E-state index in [9.17, 15) is 19.5 Å². The molecule has 5 nitrogen and oxygen atoms in total. The number of ketones is 2. The first-order chi connectivity index (χ1) is 15.7. The highest BCUT2D eigenvalue weighted by Crippen LogP contribution is 2.67. The Balaban J connectivity index is 1.51. The van der Waals surface area contributed by atoms with Crippen LogP contribution in [0.3, 0.4) is 0 Å². The molecule has 5 heteroatoms. The number of carbonyl (C=O) groups is 3. The number of aliphatic hydroxyl groups excluding tert-OH is 1. The van der Waals surface area contributed by atoms with Crippen molar-refractivity contribution in [3.63, 3.8) is 0 Å². The van der Waals surface area contributed by atoms with Gasteiger partial charge in [-0.3, -0.25) is 9.59 Å². The molecule has 3 fully saturated rings. The van der Waals surface area contributed by atoms with Crippen LogP contribution in [0.25, 0.3) is 0 Å². The Morgan fingerprint density at radius 2 is 1.85 bits per heavy atom. The molecule has 33 heavy (non-hydrogen) atoms. The van der Waals surface area contributed by atoms with Gasteiger partial charge in [-0.15, -0.1) is 0 Å². The standard InChI is InChI=1S/C28H34O5/c1-26-13-10-20(30)16-19(26)8-9-21-22(26)11-14-27(2)23(21)12-15-28(27,24(31)17-29)33-25(32)18-6-4-3-5-7-18/h3-7,11,19,21,23,29H,8-10,12-17H2,1-2H3/t19?,21-,23+,26+,27+,28+/m1/s1. The summed E-state index contributed by atoms with van der Waals surface area (Å²) in [5.74, 6) is 0.450. The van der Waals surface area contributed by atoms with Gasteiger partial charge in [0, 0.05) is 18.3 Å². The van der Waals surface area contributed by atoms with E-state index in [1.165, 1.54) is 5.57 Å². The second-order valence-electron chi connectivity index (χ2n) is 11.1. The number of Topliss-reactive ketones (excluding diaryl/α,β-unsaturated/α-hetero) is 2. The average molecular weight is 451 g/mol. The molecule has 5 rings (SSSR count). The van der Waals surface area contributed by atoms with E-state index < -0.39 is 29.4 Å². The normalized spacial score (nSPS) is 39.7. The van der Waals surface area contributed by atoms with Crippen molar-refractivity contribution in [2.24, 2.45) is 28.6 Å². The van der Waals surface area contributed by atoms with E-state index in [2.05, 4.69) is 19.9 Å². The molecule has 4 aliphatic rings. The van der Waals surface area contributed by atoms with Crippen LogP contribution in [0.2, 0.25) is 0 Å². The van der Waals surface area contributed by atoms with E-state index in [-0.39, 0.29) is 11.3 Å². The van der Waals surface area contributed by atoms with Crippen molar-refractivity contribution >= 4 is 17.5 Å². The van der Waals surface area contributed by atoms with Crippen LogP contribution in [-0.2, 0) is 14.3 Å². The second-order valence-corrected chi connectivity index (χ2v) is 11.1. The zero-order valence-corrected chi connectivity index (χ0v) is 19.6. The number of ether oxygens (including phenoxy) is 1. The summed E-state index contributed by atoms with van der Waals surface area (Å²) in [5.41, 5.74) is 0.0586. The Kier molecular flexibility index (Phi) is 5.39. The van der Waals surface area contributed by atoms with Gasteiger partial charge in [-0.25, -0.2) is 4.79 Å². The third-order valence-electron chi connectivity index (χ3n) is 9.83. The van der Waals surface area contributed by atoms with Gasteiger partial charge in [0.1, 0.15) is 12.4 Å². The Labute approximate surface area is 195 Å². The molecular weight excluding hydrogens is 416 g/mol. The van der Waals surface area contributed by atoms with Gasteiger partial charge in [0.15, 0.2) is 5.60 Å². The molecule has 4 aliphatic carbocycles. The van der Waals surface area contributed by atoms with E-state index in [1.54, 1.807) is 24.3 Å². The van der Waals surface area contributed by atoms with Gasteiger partial charge in [-0.05, 0) is 73.8 Å². The van der Waals surface area contributed by atoms with Crippen LogP contribution in [0.5, 0.6) is 0 Å². The van der Waals surface area contributed by atoms with Crippen molar-refractivity contribution in [1.29, 1.82) is 0 Å². The fourth-order valence-corrected chi connectivity index (χ4v) is 7.92. The molecule has 0 radical (unpaired) electrons. The Bertz CT molecular complexity index is 1010. The van der Waals surface area contributed by atoms with E-state index in [1.807, 2.05) is 6.07 Å². The third-order valence-corrected chi connectivity index (χ3v) is 9.83. The minimum atomic E-state index is -1.32. The number of carbonyl (C=O) groups excluding carboxylic acids is 3. The molecule has 1 aromatic rings. The number of allylic oxidation sites excluding steroid dienone is 2. The van der Waals surface area contributed by atoms with Crippen LogP contribution in [0.15, 0.2) is 42.0 Å². The molecule has 1 unspecified atom stereocenters. The van der Waals surface area contributed by atoms with E-state index in [4.69, 9.17) is 4.74 Å². The molecule has 0 heterocycles. The van der Waals surface area contributed by atoms with E-state index in [0.717, 1.165) is 25.7 Å². The van der Waals surface area contributed by atoms with Crippen LogP contribution < -0.4 is 0 Å². The number of benzene rings is 1. The first kappa shape index (κ1) is 22.5. The number of rotatable bonds is 4. The Morgan fingerprint density at radius 3 is 2.58 bits per heavy atom. The van der Waals surface area contributed by atoms with Crippen molar-refractivity contribution in [2.45, 2.75) is 70.8 Å². The van der Waals surface area contributed by atoms with Crippen molar-refractivity contribution in [2.75, 3.05) is 6.61 Å². The van der Waals surface area contributed by atoms with Gasteiger partial charge in [-0.2, -0.15) is 0 Å². The summed E-state index contributed by atoms with van der Waals surface area (Å²) in [4.78, 5) is 38.5. The Hall–Kier alpha value is -2.27. The van der Waals surface area contributed by atoms with Gasteiger partial charge in [-0.1, -0.05) is 43.7 Å². The van der Waals surface area contributed by atoms with Gasteiger partial charge in [0.05, 0.1) is 5.56 Å². The lowest BCUT2D eigenvalue weighted by Gasteiger charge is -2.56. The van der Waals surface area contributed by atoms with Crippen LogP contribution in [-0.4, -0.2) is 34.9 Å². The number of aliphatic hydroxyl groups is 1. The molecule has 176 valence electrons. The predicted octanol–water partition coefficient (Wildman–Crippen LogP) is 4.68. The van der Waals surface area contributed by atoms with Crippen molar-refractivity contribution < 1.29 is 24.2 Å². The second kappa shape index (κ2) is 7.90. The third kappa shape index (κ3) is 3.18. The highest BCUT2D eigenvalue weighted by Gasteiger charge is 2.67.